The maximum absolute atomic E-state index is 13.2. The third-order valence-electron chi connectivity index (χ3n) is 4.62. The van der Waals surface area contributed by atoms with Gasteiger partial charge in [-0.2, -0.15) is 0 Å². The summed E-state index contributed by atoms with van der Waals surface area (Å²) in [5.74, 6) is 0.225. The first-order valence-corrected chi connectivity index (χ1v) is 8.26. The minimum absolute atomic E-state index is 0. The first-order chi connectivity index (χ1) is 10.2. The molecule has 2 heterocycles. The zero-order valence-electron chi connectivity index (χ0n) is 12.7. The molecule has 0 bridgehead atoms. The molecule has 0 spiro atoms. The van der Waals surface area contributed by atoms with Gasteiger partial charge in [0.2, 0.25) is 5.91 Å². The molecule has 6 heteroatoms. The van der Waals surface area contributed by atoms with Crippen LogP contribution in [0, 0.1) is 5.41 Å². The summed E-state index contributed by atoms with van der Waals surface area (Å²) in [6, 6.07) is 6.21. The van der Waals surface area contributed by atoms with Gasteiger partial charge in [0.25, 0.3) is 0 Å². The molecule has 0 unspecified atom stereocenters. The second-order valence-corrected chi connectivity index (χ2v) is 6.86. The molecule has 1 saturated heterocycles. The summed E-state index contributed by atoms with van der Waals surface area (Å²) in [5.41, 5.74) is 1.95. The lowest BCUT2D eigenvalue weighted by molar-refractivity contribution is -0.133. The standard InChI is InChI=1S/C16H21BrN2O2.ClH/c1-21-11-16(5-7-18-8-6-16)15(20)19-9-4-12-2-3-13(17)10-14(12)19;/h2-3,10,18H,4-9,11H2,1H3;1H. The highest BCUT2D eigenvalue weighted by Crippen LogP contribution is 2.38. The molecule has 1 N–H and O–H groups in total. The third kappa shape index (κ3) is 3.18. The number of carbonyl (C=O) groups excluding carboxylic acids is 1. The van der Waals surface area contributed by atoms with Crippen molar-refractivity contribution in [2.75, 3.05) is 38.3 Å². The van der Waals surface area contributed by atoms with Crippen LogP contribution in [0.3, 0.4) is 0 Å². The van der Waals surface area contributed by atoms with E-state index in [2.05, 4.69) is 33.4 Å². The van der Waals surface area contributed by atoms with Gasteiger partial charge in [0.1, 0.15) is 0 Å². The highest BCUT2D eigenvalue weighted by Gasteiger charge is 2.43. The van der Waals surface area contributed by atoms with Crippen LogP contribution in [0.15, 0.2) is 22.7 Å². The van der Waals surface area contributed by atoms with E-state index >= 15 is 0 Å². The second-order valence-electron chi connectivity index (χ2n) is 5.94. The van der Waals surface area contributed by atoms with Gasteiger partial charge in [-0.15, -0.1) is 12.4 Å². The molecule has 4 nitrogen and oxygen atoms in total. The quantitative estimate of drug-likeness (QED) is 0.864. The van der Waals surface area contributed by atoms with Crippen LogP contribution in [0.4, 0.5) is 5.69 Å². The number of methoxy groups -OCH3 is 1. The summed E-state index contributed by atoms with van der Waals surface area (Å²) in [4.78, 5) is 15.2. The van der Waals surface area contributed by atoms with E-state index in [9.17, 15) is 4.79 Å². The van der Waals surface area contributed by atoms with Gasteiger partial charge in [-0.05, 0) is 50.0 Å². The fourth-order valence-corrected chi connectivity index (χ4v) is 3.80. The zero-order valence-corrected chi connectivity index (χ0v) is 15.1. The largest absolute Gasteiger partial charge is 0.384 e. The molecule has 3 rings (SSSR count). The lowest BCUT2D eigenvalue weighted by Crippen LogP contribution is -2.51. The summed E-state index contributed by atoms with van der Waals surface area (Å²) < 4.78 is 6.41. The average molecular weight is 390 g/mol. The van der Waals surface area contributed by atoms with Gasteiger partial charge in [-0.25, -0.2) is 0 Å². The Bertz CT molecular complexity index is 541. The Kier molecular flexibility index (Phi) is 5.88. The van der Waals surface area contributed by atoms with E-state index in [1.54, 1.807) is 7.11 Å². The molecule has 0 radical (unpaired) electrons. The number of nitrogens with one attached hydrogen (secondary N) is 1. The van der Waals surface area contributed by atoms with Crippen LogP contribution < -0.4 is 10.2 Å². The predicted octanol–water partition coefficient (Wildman–Crippen LogP) is 2.78. The van der Waals surface area contributed by atoms with Crippen molar-refractivity contribution in [1.29, 1.82) is 0 Å². The summed E-state index contributed by atoms with van der Waals surface area (Å²) in [6.45, 7) is 3.05. The molecular weight excluding hydrogens is 368 g/mol. The molecule has 1 aromatic carbocycles. The van der Waals surface area contributed by atoms with Crippen molar-refractivity contribution >= 4 is 39.9 Å². The second kappa shape index (κ2) is 7.30. The van der Waals surface area contributed by atoms with E-state index in [0.717, 1.165) is 49.1 Å². The fourth-order valence-electron chi connectivity index (χ4n) is 3.45. The number of halogens is 2. The molecule has 22 heavy (non-hydrogen) atoms. The number of benzene rings is 1. The van der Waals surface area contributed by atoms with Crippen LogP contribution in [-0.4, -0.2) is 39.3 Å². The summed E-state index contributed by atoms with van der Waals surface area (Å²) in [5, 5.41) is 3.34. The molecule has 2 aliphatic heterocycles. The van der Waals surface area contributed by atoms with Crippen molar-refractivity contribution in [3.63, 3.8) is 0 Å². The van der Waals surface area contributed by atoms with Crippen LogP contribution in [0.5, 0.6) is 0 Å². The third-order valence-corrected chi connectivity index (χ3v) is 5.12. The van der Waals surface area contributed by atoms with Crippen LogP contribution in [0.1, 0.15) is 18.4 Å². The Labute approximate surface area is 146 Å². The average Bonchev–Trinajstić information content (AvgIpc) is 2.90. The molecule has 0 aliphatic carbocycles. The first kappa shape index (κ1) is 17.7. The maximum atomic E-state index is 13.2. The van der Waals surface area contributed by atoms with Crippen molar-refractivity contribution in [3.8, 4) is 0 Å². The predicted molar refractivity (Wildman–Crippen MR) is 93.9 cm³/mol. The zero-order chi connectivity index (χ0) is 14.9. The van der Waals surface area contributed by atoms with Crippen LogP contribution in [0.25, 0.3) is 0 Å². The highest BCUT2D eigenvalue weighted by molar-refractivity contribution is 9.10. The van der Waals surface area contributed by atoms with Crippen LogP contribution in [0.2, 0.25) is 0 Å². The van der Waals surface area contributed by atoms with Crippen molar-refractivity contribution in [3.05, 3.63) is 28.2 Å². The van der Waals surface area contributed by atoms with Crippen molar-refractivity contribution < 1.29 is 9.53 Å². The smallest absolute Gasteiger partial charge is 0.235 e. The van der Waals surface area contributed by atoms with E-state index in [-0.39, 0.29) is 23.7 Å². The molecule has 122 valence electrons. The van der Waals surface area contributed by atoms with Crippen LogP contribution in [-0.2, 0) is 16.0 Å². The molecule has 0 saturated carbocycles. The van der Waals surface area contributed by atoms with Crippen molar-refractivity contribution in [2.45, 2.75) is 19.3 Å². The fraction of sp³-hybridized carbons (Fsp3) is 0.562. The number of carbonyl (C=O) groups is 1. The number of anilines is 1. The van der Waals surface area contributed by atoms with E-state index in [1.807, 2.05) is 11.0 Å². The number of ether oxygens (including phenoxy) is 1. The molecule has 1 fully saturated rings. The summed E-state index contributed by atoms with van der Waals surface area (Å²) in [7, 11) is 1.69. The molecule has 2 aliphatic rings. The van der Waals surface area contributed by atoms with Crippen molar-refractivity contribution in [1.82, 2.24) is 5.32 Å². The number of fused-ring (bicyclic) bond motifs is 1. The molecular formula is C16H22BrClN2O2. The lowest BCUT2D eigenvalue weighted by atomic mass is 9.78. The van der Waals surface area contributed by atoms with E-state index < -0.39 is 0 Å². The Balaban J connectivity index is 0.00000176. The molecule has 1 aromatic rings. The monoisotopic (exact) mass is 388 g/mol. The van der Waals surface area contributed by atoms with Crippen LogP contribution >= 0.6 is 28.3 Å². The Morgan fingerprint density at radius 3 is 2.82 bits per heavy atom. The van der Waals surface area contributed by atoms with E-state index in [4.69, 9.17) is 4.74 Å². The summed E-state index contributed by atoms with van der Waals surface area (Å²) >= 11 is 3.51. The van der Waals surface area contributed by atoms with Gasteiger partial charge < -0.3 is 15.0 Å². The Morgan fingerprint density at radius 2 is 2.14 bits per heavy atom. The number of hydrogen-bond donors (Lipinski definition) is 1. The molecule has 0 aromatic heterocycles. The SMILES string of the molecule is COCC1(C(=O)N2CCc3ccc(Br)cc32)CCNCC1.Cl. The minimum atomic E-state index is -0.371. The lowest BCUT2D eigenvalue weighted by Gasteiger charge is -2.38. The van der Waals surface area contributed by atoms with Gasteiger partial charge >= 0.3 is 0 Å². The molecule has 0 atom stereocenters. The number of nitrogens with zero attached hydrogens (tertiary/aromatic N) is 1. The number of hydrogen-bond acceptors (Lipinski definition) is 3. The summed E-state index contributed by atoms with van der Waals surface area (Å²) in [6.07, 6.45) is 2.63. The van der Waals surface area contributed by atoms with E-state index in [0.29, 0.717) is 6.61 Å². The Morgan fingerprint density at radius 1 is 1.41 bits per heavy atom. The van der Waals surface area contributed by atoms with Gasteiger partial charge in [0, 0.05) is 23.8 Å². The minimum Gasteiger partial charge on any atom is -0.384 e. The normalized spacial score (nSPS) is 19.5. The number of piperidine rings is 1. The topological polar surface area (TPSA) is 41.6 Å². The molecule has 1 amide bonds. The number of amides is 1. The van der Waals surface area contributed by atoms with Gasteiger partial charge in [0.05, 0.1) is 12.0 Å². The Hall–Kier alpha value is -0.620. The van der Waals surface area contributed by atoms with E-state index in [1.165, 1.54) is 5.56 Å². The van der Waals surface area contributed by atoms with Gasteiger partial charge in [-0.1, -0.05) is 22.0 Å². The first-order valence-electron chi connectivity index (χ1n) is 7.46. The van der Waals surface area contributed by atoms with Gasteiger partial charge in [0.15, 0.2) is 0 Å². The van der Waals surface area contributed by atoms with Gasteiger partial charge in [-0.3, -0.25) is 4.79 Å². The maximum Gasteiger partial charge on any atom is 0.235 e. The van der Waals surface area contributed by atoms with Crippen molar-refractivity contribution in [2.24, 2.45) is 5.41 Å². The number of rotatable bonds is 3. The highest BCUT2D eigenvalue weighted by atomic mass is 79.9.